The molecule has 3 aromatic heterocycles. The number of nitriles is 1. The lowest BCUT2D eigenvalue weighted by Gasteiger charge is -2.14. The van der Waals surface area contributed by atoms with Gasteiger partial charge in [-0.25, -0.2) is 15.0 Å². The van der Waals surface area contributed by atoms with Crippen LogP contribution in [0.15, 0.2) is 188 Å². The van der Waals surface area contributed by atoms with E-state index < -0.39 is 11.7 Å². The Morgan fingerprint density at radius 2 is 0.903 bits per heavy atom. The molecule has 6 nitrogen and oxygen atoms in total. The minimum absolute atomic E-state index is 0.134. The van der Waals surface area contributed by atoms with Gasteiger partial charge in [-0.3, -0.25) is 0 Å². The highest BCUT2D eigenvalue weighted by Crippen LogP contribution is 2.42. The van der Waals surface area contributed by atoms with E-state index in [0.717, 1.165) is 66.5 Å². The van der Waals surface area contributed by atoms with Gasteiger partial charge in [0.15, 0.2) is 17.5 Å². The molecule has 0 aliphatic rings. The van der Waals surface area contributed by atoms with Crippen LogP contribution in [0.3, 0.4) is 0 Å². The molecule has 0 unspecified atom stereocenters. The van der Waals surface area contributed by atoms with Crippen LogP contribution < -0.4 is 0 Å². The van der Waals surface area contributed by atoms with Crippen molar-refractivity contribution in [2.75, 3.05) is 0 Å². The molecule has 11 aromatic rings. The number of halogens is 3. The third-order valence-electron chi connectivity index (χ3n) is 11.5. The van der Waals surface area contributed by atoms with Crippen LogP contribution in [0.1, 0.15) is 11.1 Å². The van der Waals surface area contributed by atoms with Crippen molar-refractivity contribution in [3.63, 3.8) is 0 Å². The van der Waals surface area contributed by atoms with Gasteiger partial charge in [0.25, 0.3) is 0 Å². The summed E-state index contributed by atoms with van der Waals surface area (Å²) >= 11 is 0. The summed E-state index contributed by atoms with van der Waals surface area (Å²) in [6.07, 6.45) is -4.48. The SMILES string of the molecule is N#Cc1cc(-c2nc(-c3ccccc3)nc(-c3ccccc3)n2)ccc1-n1c2ccccc2c2cc3c(cc21)c1ccccc1n3-c1ccc(-c2ccccc2C(F)(F)F)cc1. The van der Waals surface area contributed by atoms with Crippen LogP contribution in [0, 0.1) is 11.3 Å². The Bertz CT molecular complexity index is 3510. The summed E-state index contributed by atoms with van der Waals surface area (Å²) in [6, 6.07) is 61.3. The number of aromatic nitrogens is 5. The number of alkyl halides is 3. The fraction of sp³-hybridized carbons (Fsp3) is 0.0189. The molecule has 0 saturated heterocycles. The minimum atomic E-state index is -4.48. The first-order valence-electron chi connectivity index (χ1n) is 20.0. The molecule has 0 spiro atoms. The highest BCUT2D eigenvalue weighted by atomic mass is 19.4. The molecule has 294 valence electrons. The molecular weight excluding hydrogens is 778 g/mol. The third-order valence-corrected chi connectivity index (χ3v) is 11.5. The minimum Gasteiger partial charge on any atom is -0.309 e. The Labute approximate surface area is 353 Å². The number of hydrogen-bond acceptors (Lipinski definition) is 4. The van der Waals surface area contributed by atoms with Crippen molar-refractivity contribution >= 4 is 43.6 Å². The van der Waals surface area contributed by atoms with E-state index in [1.54, 1.807) is 18.2 Å². The summed E-state index contributed by atoms with van der Waals surface area (Å²) < 4.78 is 46.2. The summed E-state index contributed by atoms with van der Waals surface area (Å²) in [7, 11) is 0. The van der Waals surface area contributed by atoms with Crippen molar-refractivity contribution < 1.29 is 13.2 Å². The summed E-state index contributed by atoms with van der Waals surface area (Å²) in [6.45, 7) is 0. The number of rotatable bonds is 6. The normalized spacial score (nSPS) is 11.8. The zero-order valence-corrected chi connectivity index (χ0v) is 32.7. The number of benzene rings is 8. The highest BCUT2D eigenvalue weighted by Gasteiger charge is 2.33. The molecule has 0 radical (unpaired) electrons. The second kappa shape index (κ2) is 14.4. The van der Waals surface area contributed by atoms with Crippen LogP contribution in [0.4, 0.5) is 13.2 Å². The third kappa shape index (κ3) is 6.08. The van der Waals surface area contributed by atoms with Crippen molar-refractivity contribution in [1.29, 1.82) is 5.26 Å². The van der Waals surface area contributed by atoms with Gasteiger partial charge in [-0.05, 0) is 71.8 Å². The molecule has 0 N–H and O–H groups in total. The molecule has 8 aromatic carbocycles. The standard InChI is InChI=1S/C53H31F3N6/c54-53(55,56)44-20-10-7-17-39(44)33-23-26-38(27-24-33)61-46-21-11-8-18-40(46)42-31-49-43(30-48(42)61)41-19-9-12-22-47(41)62(49)45-28-25-36(29-37(45)32-57)52-59-50(34-13-3-1-4-14-34)58-51(60-52)35-15-5-2-6-16-35/h1-31H. The molecule has 0 saturated carbocycles. The van der Waals surface area contributed by atoms with E-state index in [-0.39, 0.29) is 5.56 Å². The fourth-order valence-electron chi connectivity index (χ4n) is 8.64. The van der Waals surface area contributed by atoms with Gasteiger partial charge in [-0.1, -0.05) is 127 Å². The largest absolute Gasteiger partial charge is 0.417 e. The van der Waals surface area contributed by atoms with Crippen molar-refractivity contribution in [1.82, 2.24) is 24.1 Å². The van der Waals surface area contributed by atoms with Gasteiger partial charge >= 0.3 is 6.18 Å². The Kier molecular flexibility index (Phi) is 8.55. The first-order valence-corrected chi connectivity index (χ1v) is 20.0. The predicted octanol–water partition coefficient (Wildman–Crippen LogP) is 13.6. The smallest absolute Gasteiger partial charge is 0.309 e. The Balaban J connectivity index is 1.08. The van der Waals surface area contributed by atoms with Crippen molar-refractivity contribution in [2.24, 2.45) is 0 Å². The van der Waals surface area contributed by atoms with E-state index in [4.69, 9.17) is 15.0 Å². The van der Waals surface area contributed by atoms with Crippen LogP contribution in [0.5, 0.6) is 0 Å². The summed E-state index contributed by atoms with van der Waals surface area (Å²) in [5, 5.41) is 14.8. The second-order valence-corrected chi connectivity index (χ2v) is 15.1. The van der Waals surface area contributed by atoms with E-state index >= 15 is 0 Å². The number of fused-ring (bicyclic) bond motifs is 6. The maximum absolute atomic E-state index is 14.0. The number of nitrogens with zero attached hydrogens (tertiary/aromatic N) is 6. The molecule has 9 heteroatoms. The molecule has 0 bridgehead atoms. The molecule has 62 heavy (non-hydrogen) atoms. The van der Waals surface area contributed by atoms with E-state index in [2.05, 4.69) is 51.6 Å². The number of para-hydroxylation sites is 2. The van der Waals surface area contributed by atoms with E-state index in [0.29, 0.717) is 39.9 Å². The van der Waals surface area contributed by atoms with Crippen molar-refractivity contribution in [3.05, 3.63) is 199 Å². The van der Waals surface area contributed by atoms with Gasteiger partial charge in [-0.15, -0.1) is 0 Å². The molecule has 0 atom stereocenters. The van der Waals surface area contributed by atoms with Crippen molar-refractivity contribution in [3.8, 4) is 62.7 Å². The summed E-state index contributed by atoms with van der Waals surface area (Å²) in [4.78, 5) is 14.6. The molecule has 3 heterocycles. The maximum atomic E-state index is 14.0. The van der Waals surface area contributed by atoms with E-state index in [1.807, 2.05) is 115 Å². The van der Waals surface area contributed by atoms with Gasteiger partial charge < -0.3 is 9.13 Å². The average molecular weight is 809 g/mol. The van der Waals surface area contributed by atoms with Gasteiger partial charge in [0.1, 0.15) is 6.07 Å². The monoisotopic (exact) mass is 808 g/mol. The zero-order chi connectivity index (χ0) is 42.0. The van der Waals surface area contributed by atoms with Crippen molar-refractivity contribution in [2.45, 2.75) is 6.18 Å². The quantitative estimate of drug-likeness (QED) is 0.168. The lowest BCUT2D eigenvalue weighted by molar-refractivity contribution is -0.137. The second-order valence-electron chi connectivity index (χ2n) is 15.1. The topological polar surface area (TPSA) is 72.3 Å². The van der Waals surface area contributed by atoms with Gasteiger partial charge in [0.05, 0.1) is 38.9 Å². The van der Waals surface area contributed by atoms with E-state index in [9.17, 15) is 18.4 Å². The molecule has 11 rings (SSSR count). The van der Waals surface area contributed by atoms with Crippen LogP contribution in [-0.4, -0.2) is 24.1 Å². The summed E-state index contributed by atoms with van der Waals surface area (Å²) in [5.74, 6) is 1.52. The Morgan fingerprint density at radius 1 is 0.419 bits per heavy atom. The average Bonchev–Trinajstić information content (AvgIpc) is 3.82. The lowest BCUT2D eigenvalue weighted by atomic mass is 9.99. The zero-order valence-electron chi connectivity index (χ0n) is 32.7. The predicted molar refractivity (Wildman–Crippen MR) is 240 cm³/mol. The molecule has 0 aliphatic heterocycles. The molecular formula is C53H31F3N6. The first kappa shape index (κ1) is 36.7. The van der Waals surface area contributed by atoms with Gasteiger partial charge in [0, 0.05) is 43.9 Å². The van der Waals surface area contributed by atoms with E-state index in [1.165, 1.54) is 12.1 Å². The van der Waals surface area contributed by atoms with Crippen LogP contribution >= 0.6 is 0 Å². The van der Waals surface area contributed by atoms with Crippen LogP contribution in [0.2, 0.25) is 0 Å². The maximum Gasteiger partial charge on any atom is 0.417 e. The Morgan fingerprint density at radius 3 is 1.48 bits per heavy atom. The lowest BCUT2D eigenvalue weighted by Crippen LogP contribution is -2.06. The van der Waals surface area contributed by atoms with Gasteiger partial charge in [0.2, 0.25) is 0 Å². The summed E-state index contributed by atoms with van der Waals surface area (Å²) in [5.41, 5.74) is 8.06. The number of hydrogen-bond donors (Lipinski definition) is 0. The fourth-order valence-corrected chi connectivity index (χ4v) is 8.64. The Hall–Kier alpha value is -8.35. The van der Waals surface area contributed by atoms with Crippen LogP contribution in [-0.2, 0) is 6.18 Å². The molecule has 0 amide bonds. The van der Waals surface area contributed by atoms with Crippen LogP contribution in [0.25, 0.3) is 100 Å². The van der Waals surface area contributed by atoms with Gasteiger partial charge in [-0.2, -0.15) is 18.4 Å². The first-order chi connectivity index (χ1) is 30.3. The molecule has 0 aliphatic carbocycles. The highest BCUT2D eigenvalue weighted by molar-refractivity contribution is 6.19. The molecule has 0 fully saturated rings.